The van der Waals surface area contributed by atoms with Gasteiger partial charge in [-0.2, -0.15) is 0 Å². The Morgan fingerprint density at radius 3 is 2.50 bits per heavy atom. The Bertz CT molecular complexity index is 665. The van der Waals surface area contributed by atoms with Gasteiger partial charge < -0.3 is 15.3 Å². The number of aryl methyl sites for hydroxylation is 1. The van der Waals surface area contributed by atoms with Crippen molar-refractivity contribution < 1.29 is 19.5 Å². The third kappa shape index (κ3) is 3.27. The standard InChI is InChI=1S/C18H24N2O4/c1-4-18(5-2,17(23)24)11-19-16(22)13-6-8-14-12(10-13)7-9-15(21)20(14)3/h6,8,10H,4-5,7,9,11H2,1-3H3,(H,19,22)(H,23,24). The van der Waals surface area contributed by atoms with Gasteiger partial charge >= 0.3 is 5.97 Å². The number of carbonyl (C=O) groups excluding carboxylic acids is 2. The molecule has 0 aliphatic carbocycles. The van der Waals surface area contributed by atoms with E-state index in [4.69, 9.17) is 0 Å². The Morgan fingerprint density at radius 2 is 1.92 bits per heavy atom. The zero-order chi connectivity index (χ0) is 17.9. The van der Waals surface area contributed by atoms with Gasteiger partial charge in [0.1, 0.15) is 0 Å². The Kier molecular flexibility index (Phi) is 5.26. The lowest BCUT2D eigenvalue weighted by atomic mass is 9.82. The lowest BCUT2D eigenvalue weighted by molar-refractivity contribution is -0.149. The van der Waals surface area contributed by atoms with E-state index in [1.54, 1.807) is 30.1 Å². The van der Waals surface area contributed by atoms with Gasteiger partial charge in [-0.1, -0.05) is 13.8 Å². The van der Waals surface area contributed by atoms with Crippen LogP contribution in [0.1, 0.15) is 49.0 Å². The van der Waals surface area contributed by atoms with E-state index in [1.165, 1.54) is 0 Å². The molecule has 0 unspecified atom stereocenters. The number of nitrogens with zero attached hydrogens (tertiary/aromatic N) is 1. The SMILES string of the molecule is CCC(CC)(CNC(=O)c1ccc2c(c1)CCC(=O)N2C)C(=O)O. The van der Waals surface area contributed by atoms with Crippen LogP contribution in [0.15, 0.2) is 18.2 Å². The van der Waals surface area contributed by atoms with E-state index in [2.05, 4.69) is 5.32 Å². The summed E-state index contributed by atoms with van der Waals surface area (Å²) in [4.78, 5) is 37.2. The summed E-state index contributed by atoms with van der Waals surface area (Å²) in [6.07, 6.45) is 1.96. The molecule has 1 aromatic carbocycles. The maximum absolute atomic E-state index is 12.4. The highest BCUT2D eigenvalue weighted by molar-refractivity contribution is 5.99. The van der Waals surface area contributed by atoms with E-state index >= 15 is 0 Å². The van der Waals surface area contributed by atoms with Crippen LogP contribution in [0.3, 0.4) is 0 Å². The Labute approximate surface area is 141 Å². The van der Waals surface area contributed by atoms with Gasteiger partial charge in [-0.05, 0) is 43.0 Å². The van der Waals surface area contributed by atoms with E-state index in [0.29, 0.717) is 31.2 Å². The van der Waals surface area contributed by atoms with Gasteiger partial charge in [0.2, 0.25) is 5.91 Å². The number of carboxylic acids is 1. The molecule has 2 amide bonds. The molecule has 0 saturated carbocycles. The zero-order valence-electron chi connectivity index (χ0n) is 14.4. The topological polar surface area (TPSA) is 86.7 Å². The summed E-state index contributed by atoms with van der Waals surface area (Å²) in [5.74, 6) is -1.11. The van der Waals surface area contributed by atoms with Gasteiger partial charge in [-0.15, -0.1) is 0 Å². The number of amides is 2. The van der Waals surface area contributed by atoms with E-state index in [0.717, 1.165) is 11.3 Å². The molecule has 6 heteroatoms. The summed E-state index contributed by atoms with van der Waals surface area (Å²) in [6, 6.07) is 5.23. The van der Waals surface area contributed by atoms with E-state index in [9.17, 15) is 19.5 Å². The van der Waals surface area contributed by atoms with Gasteiger partial charge in [0, 0.05) is 31.3 Å². The predicted molar refractivity (Wildman–Crippen MR) is 91.2 cm³/mol. The normalized spacial score (nSPS) is 14.3. The molecule has 0 bridgehead atoms. The lowest BCUT2D eigenvalue weighted by Gasteiger charge is -2.27. The Morgan fingerprint density at radius 1 is 1.25 bits per heavy atom. The molecule has 0 spiro atoms. The first-order valence-electron chi connectivity index (χ1n) is 8.25. The smallest absolute Gasteiger partial charge is 0.311 e. The average Bonchev–Trinajstić information content (AvgIpc) is 2.58. The highest BCUT2D eigenvalue weighted by atomic mass is 16.4. The van der Waals surface area contributed by atoms with E-state index in [1.807, 2.05) is 13.8 Å². The van der Waals surface area contributed by atoms with Crippen molar-refractivity contribution in [3.8, 4) is 0 Å². The lowest BCUT2D eigenvalue weighted by Crippen LogP contribution is -2.42. The molecule has 1 aliphatic heterocycles. The van der Waals surface area contributed by atoms with Gasteiger partial charge in [0.25, 0.3) is 5.91 Å². The first kappa shape index (κ1) is 18.0. The number of hydrogen-bond donors (Lipinski definition) is 2. The van der Waals surface area contributed by atoms with Crippen LogP contribution in [0, 0.1) is 5.41 Å². The van der Waals surface area contributed by atoms with Crippen molar-refractivity contribution in [1.82, 2.24) is 5.32 Å². The average molecular weight is 332 g/mol. The largest absolute Gasteiger partial charge is 0.481 e. The number of carboxylic acid groups (broad SMARTS) is 1. The predicted octanol–water partition coefficient (Wildman–Crippen LogP) is 2.22. The summed E-state index contributed by atoms with van der Waals surface area (Å²) < 4.78 is 0. The Hall–Kier alpha value is -2.37. The molecule has 0 atom stereocenters. The van der Waals surface area contributed by atoms with E-state index in [-0.39, 0.29) is 18.4 Å². The van der Waals surface area contributed by atoms with E-state index < -0.39 is 11.4 Å². The first-order valence-corrected chi connectivity index (χ1v) is 8.25. The van der Waals surface area contributed by atoms with Gasteiger partial charge in [-0.3, -0.25) is 14.4 Å². The Balaban J connectivity index is 2.14. The number of benzene rings is 1. The summed E-state index contributed by atoms with van der Waals surface area (Å²) in [5.41, 5.74) is 1.34. The molecule has 0 fully saturated rings. The van der Waals surface area contributed by atoms with Crippen LogP contribution in [0.5, 0.6) is 0 Å². The third-order valence-corrected chi connectivity index (χ3v) is 5.08. The van der Waals surface area contributed by atoms with Crippen LogP contribution < -0.4 is 10.2 Å². The van der Waals surface area contributed by atoms with Crippen molar-refractivity contribution >= 4 is 23.5 Å². The summed E-state index contributed by atoms with van der Waals surface area (Å²) >= 11 is 0. The molecule has 0 radical (unpaired) electrons. The van der Waals surface area contributed by atoms with Crippen LogP contribution in [-0.4, -0.2) is 36.5 Å². The molecule has 2 N–H and O–H groups in total. The minimum Gasteiger partial charge on any atom is -0.481 e. The van der Waals surface area contributed by atoms with Gasteiger partial charge in [-0.25, -0.2) is 0 Å². The second kappa shape index (κ2) is 7.03. The van der Waals surface area contributed by atoms with Crippen molar-refractivity contribution in [3.05, 3.63) is 29.3 Å². The van der Waals surface area contributed by atoms with Gasteiger partial charge in [0.05, 0.1) is 5.41 Å². The van der Waals surface area contributed by atoms with Crippen molar-refractivity contribution in [2.75, 3.05) is 18.5 Å². The van der Waals surface area contributed by atoms with Crippen molar-refractivity contribution in [2.45, 2.75) is 39.5 Å². The molecule has 2 rings (SSSR count). The fourth-order valence-corrected chi connectivity index (χ4v) is 3.03. The summed E-state index contributed by atoms with van der Waals surface area (Å²) in [5, 5.41) is 12.2. The minimum atomic E-state index is -0.934. The second-order valence-corrected chi connectivity index (χ2v) is 6.27. The molecule has 1 aromatic rings. The number of hydrogen-bond acceptors (Lipinski definition) is 3. The monoisotopic (exact) mass is 332 g/mol. The van der Waals surface area contributed by atoms with Crippen LogP contribution in [0.4, 0.5) is 5.69 Å². The fourth-order valence-electron chi connectivity index (χ4n) is 3.03. The quantitative estimate of drug-likeness (QED) is 0.836. The van der Waals surface area contributed by atoms with Crippen LogP contribution in [0.2, 0.25) is 0 Å². The minimum absolute atomic E-state index is 0.0665. The fraction of sp³-hybridized carbons (Fsp3) is 0.500. The number of rotatable bonds is 6. The maximum Gasteiger partial charge on any atom is 0.311 e. The van der Waals surface area contributed by atoms with Crippen molar-refractivity contribution in [1.29, 1.82) is 0 Å². The zero-order valence-corrected chi connectivity index (χ0v) is 14.4. The summed E-state index contributed by atoms with van der Waals surface area (Å²) in [7, 11) is 1.73. The molecule has 24 heavy (non-hydrogen) atoms. The maximum atomic E-state index is 12.4. The number of anilines is 1. The highest BCUT2D eigenvalue weighted by Crippen LogP contribution is 2.28. The van der Waals surface area contributed by atoms with Crippen molar-refractivity contribution in [2.24, 2.45) is 5.41 Å². The number of aliphatic carboxylic acids is 1. The molecule has 0 aromatic heterocycles. The number of carbonyl (C=O) groups is 3. The highest BCUT2D eigenvalue weighted by Gasteiger charge is 2.35. The van der Waals surface area contributed by atoms with Gasteiger partial charge in [0.15, 0.2) is 0 Å². The molecular formula is C18H24N2O4. The molecular weight excluding hydrogens is 308 g/mol. The van der Waals surface area contributed by atoms with Crippen molar-refractivity contribution in [3.63, 3.8) is 0 Å². The molecule has 130 valence electrons. The number of fused-ring (bicyclic) bond motifs is 1. The first-order chi connectivity index (χ1) is 11.3. The second-order valence-electron chi connectivity index (χ2n) is 6.27. The third-order valence-electron chi connectivity index (χ3n) is 5.08. The number of nitrogens with one attached hydrogen (secondary N) is 1. The van der Waals surface area contributed by atoms with Crippen LogP contribution in [-0.2, 0) is 16.0 Å². The van der Waals surface area contributed by atoms with Crippen LogP contribution >= 0.6 is 0 Å². The molecule has 6 nitrogen and oxygen atoms in total. The van der Waals surface area contributed by atoms with Crippen LogP contribution in [0.25, 0.3) is 0 Å². The molecule has 1 heterocycles. The molecule has 0 saturated heterocycles. The molecule has 1 aliphatic rings. The summed E-state index contributed by atoms with van der Waals surface area (Å²) in [6.45, 7) is 3.73.